The Morgan fingerprint density at radius 3 is 1.73 bits per heavy atom. The minimum atomic E-state index is 0.176. The average Bonchev–Trinajstić information content (AvgIpc) is 3.83. The highest BCUT2D eigenvalue weighted by atomic mass is 15.2. The molecule has 1 atom stereocenters. The predicted octanol–water partition coefficient (Wildman–Crippen LogP) is 12.0. The lowest BCUT2D eigenvalue weighted by Crippen LogP contribution is -2.16. The number of fused-ring (bicyclic) bond motifs is 9. The maximum absolute atomic E-state index is 4.41. The summed E-state index contributed by atoms with van der Waals surface area (Å²) in [5.74, 6) is 0.176. The van der Waals surface area contributed by atoms with Crippen molar-refractivity contribution in [2.45, 2.75) is 12.3 Å². The predicted molar refractivity (Wildman–Crippen MR) is 212 cm³/mol. The topological polar surface area (TPSA) is 26.0 Å². The molecule has 6 aromatic carbocycles. The van der Waals surface area contributed by atoms with E-state index in [0.717, 1.165) is 23.2 Å². The first-order valence-electron chi connectivity index (χ1n) is 17.6. The Bertz CT molecular complexity index is 2800. The van der Waals surface area contributed by atoms with Gasteiger partial charge in [0.25, 0.3) is 0 Å². The van der Waals surface area contributed by atoms with Gasteiger partial charge in [0.05, 0.1) is 22.1 Å². The Hall–Kier alpha value is -6.65. The van der Waals surface area contributed by atoms with Crippen LogP contribution in [0.1, 0.15) is 17.9 Å². The zero-order chi connectivity index (χ0) is 33.5. The van der Waals surface area contributed by atoms with Gasteiger partial charge in [0, 0.05) is 80.3 Å². The van der Waals surface area contributed by atoms with E-state index in [9.17, 15) is 0 Å². The largest absolute Gasteiger partial charge is 0.313 e. The number of pyridine rings is 1. The van der Waals surface area contributed by atoms with Crippen LogP contribution in [0.4, 0.5) is 11.4 Å². The minimum absolute atomic E-state index is 0.176. The van der Waals surface area contributed by atoms with Gasteiger partial charge in [-0.1, -0.05) is 91.0 Å². The van der Waals surface area contributed by atoms with Crippen LogP contribution >= 0.6 is 0 Å². The van der Waals surface area contributed by atoms with E-state index in [2.05, 4.69) is 177 Å². The number of benzene rings is 6. The Kier molecular flexibility index (Phi) is 6.05. The van der Waals surface area contributed by atoms with Crippen molar-refractivity contribution >= 4 is 60.7 Å². The van der Waals surface area contributed by atoms with Crippen LogP contribution in [0.25, 0.3) is 66.1 Å². The maximum atomic E-state index is 4.41. The summed E-state index contributed by atoms with van der Waals surface area (Å²) in [5.41, 5.74) is 14.8. The zero-order valence-electron chi connectivity index (χ0n) is 27.8. The molecule has 2 aliphatic rings. The molecule has 0 amide bonds. The highest BCUT2D eigenvalue weighted by Crippen LogP contribution is 2.54. The normalized spacial score (nSPS) is 15.4. The number of aromatic nitrogens is 3. The van der Waals surface area contributed by atoms with Crippen molar-refractivity contribution in [1.29, 1.82) is 0 Å². The summed E-state index contributed by atoms with van der Waals surface area (Å²) >= 11 is 0. The zero-order valence-corrected chi connectivity index (χ0v) is 27.8. The van der Waals surface area contributed by atoms with Gasteiger partial charge in [-0.2, -0.15) is 0 Å². The van der Waals surface area contributed by atoms with E-state index in [-0.39, 0.29) is 5.92 Å². The van der Waals surface area contributed by atoms with Gasteiger partial charge in [0.15, 0.2) is 0 Å². The molecule has 0 fully saturated rings. The molecule has 0 spiro atoms. The Morgan fingerprint density at radius 2 is 1.10 bits per heavy atom. The fourth-order valence-corrected chi connectivity index (χ4v) is 8.73. The molecule has 1 aliphatic heterocycles. The molecule has 51 heavy (non-hydrogen) atoms. The van der Waals surface area contributed by atoms with Gasteiger partial charge in [-0.3, -0.25) is 4.98 Å². The summed E-state index contributed by atoms with van der Waals surface area (Å²) in [5, 5.41) is 5.13. The lowest BCUT2D eigenvalue weighted by atomic mass is 9.89. The number of hydrogen-bond acceptors (Lipinski definition) is 2. The molecule has 9 aromatic rings. The highest BCUT2D eigenvalue weighted by molar-refractivity contribution is 6.11. The van der Waals surface area contributed by atoms with Crippen molar-refractivity contribution in [3.63, 3.8) is 0 Å². The Labute approximate surface area is 295 Å². The molecular weight excluding hydrogens is 621 g/mol. The molecule has 240 valence electrons. The molecule has 11 rings (SSSR count). The SMILES string of the molecule is C1=C2C(CC(n3c4ccccc4c4ccccc43)=C1)c1cc(-n3c4ccccc4c4ccccc43)ccc1N2c1cccc(-c2cccnc2)c1. The van der Waals surface area contributed by atoms with Gasteiger partial charge in [0.1, 0.15) is 0 Å². The van der Waals surface area contributed by atoms with Crippen LogP contribution in [-0.4, -0.2) is 14.1 Å². The first-order chi connectivity index (χ1) is 25.3. The number of para-hydroxylation sites is 4. The van der Waals surface area contributed by atoms with Crippen LogP contribution in [0.2, 0.25) is 0 Å². The fraction of sp³-hybridized carbons (Fsp3) is 0.0426. The standard InChI is InChI=1S/C47H32N4/c1-5-18-42-36(14-1)37-15-2-6-19-43(37)50(42)34-22-24-46-40(28-34)41-29-35(51-44-20-7-3-16-38(44)39-17-4-8-21-45(39)51)23-25-47(41)49(46)33-13-9-11-31(27-33)32-12-10-26-48-30-32/h1-28,30,41H,29H2. The number of hydrogen-bond donors (Lipinski definition) is 0. The second-order valence-electron chi connectivity index (χ2n) is 13.6. The Balaban J connectivity index is 1.13. The highest BCUT2D eigenvalue weighted by Gasteiger charge is 2.37. The van der Waals surface area contributed by atoms with Gasteiger partial charge >= 0.3 is 0 Å². The molecule has 4 heterocycles. The fourth-order valence-electron chi connectivity index (χ4n) is 8.73. The third-order valence-electron chi connectivity index (χ3n) is 10.9. The lowest BCUT2D eigenvalue weighted by Gasteiger charge is -2.27. The Morgan fingerprint density at radius 1 is 0.490 bits per heavy atom. The molecule has 1 aliphatic carbocycles. The first-order valence-corrected chi connectivity index (χ1v) is 17.6. The molecule has 3 aromatic heterocycles. The molecule has 0 saturated heterocycles. The van der Waals surface area contributed by atoms with E-state index in [0.29, 0.717) is 0 Å². The second-order valence-corrected chi connectivity index (χ2v) is 13.6. The molecule has 4 heteroatoms. The summed E-state index contributed by atoms with van der Waals surface area (Å²) in [6.45, 7) is 0. The van der Waals surface area contributed by atoms with Gasteiger partial charge in [-0.25, -0.2) is 0 Å². The molecule has 4 nitrogen and oxygen atoms in total. The quantitative estimate of drug-likeness (QED) is 0.189. The molecule has 0 bridgehead atoms. The molecule has 1 unspecified atom stereocenters. The number of nitrogens with zero attached hydrogens (tertiary/aromatic N) is 4. The van der Waals surface area contributed by atoms with Gasteiger partial charge in [-0.05, 0) is 83.9 Å². The van der Waals surface area contributed by atoms with Crippen LogP contribution in [0.3, 0.4) is 0 Å². The lowest BCUT2D eigenvalue weighted by molar-refractivity contribution is 0.806. The van der Waals surface area contributed by atoms with Gasteiger partial charge in [0.2, 0.25) is 0 Å². The summed E-state index contributed by atoms with van der Waals surface area (Å²) in [7, 11) is 0. The van der Waals surface area contributed by atoms with E-state index in [4.69, 9.17) is 0 Å². The van der Waals surface area contributed by atoms with Crippen LogP contribution < -0.4 is 4.90 Å². The molecule has 0 radical (unpaired) electrons. The molecule has 0 saturated carbocycles. The van der Waals surface area contributed by atoms with Crippen molar-refractivity contribution in [2.75, 3.05) is 4.90 Å². The number of allylic oxidation sites excluding steroid dienone is 4. The van der Waals surface area contributed by atoms with E-state index in [1.165, 1.54) is 71.9 Å². The van der Waals surface area contributed by atoms with E-state index in [1.807, 2.05) is 18.5 Å². The van der Waals surface area contributed by atoms with Gasteiger partial charge in [-0.15, -0.1) is 0 Å². The third kappa shape index (κ3) is 4.17. The minimum Gasteiger partial charge on any atom is -0.313 e. The summed E-state index contributed by atoms with van der Waals surface area (Å²) in [6.07, 6.45) is 9.37. The maximum Gasteiger partial charge on any atom is 0.0541 e. The summed E-state index contributed by atoms with van der Waals surface area (Å²) < 4.78 is 4.92. The molecular formula is C47H32N4. The van der Waals surface area contributed by atoms with E-state index < -0.39 is 0 Å². The third-order valence-corrected chi connectivity index (χ3v) is 10.9. The number of anilines is 2. The second kappa shape index (κ2) is 10.9. The van der Waals surface area contributed by atoms with E-state index >= 15 is 0 Å². The van der Waals surface area contributed by atoms with Crippen molar-refractivity contribution in [3.05, 3.63) is 187 Å². The molecule has 0 N–H and O–H groups in total. The number of rotatable bonds is 4. The summed E-state index contributed by atoms with van der Waals surface area (Å²) in [4.78, 5) is 6.89. The van der Waals surface area contributed by atoms with Crippen molar-refractivity contribution in [2.24, 2.45) is 0 Å². The van der Waals surface area contributed by atoms with Crippen LogP contribution in [0.15, 0.2) is 182 Å². The van der Waals surface area contributed by atoms with Crippen LogP contribution in [0, 0.1) is 0 Å². The van der Waals surface area contributed by atoms with Crippen LogP contribution in [-0.2, 0) is 0 Å². The van der Waals surface area contributed by atoms with Gasteiger partial charge < -0.3 is 14.0 Å². The van der Waals surface area contributed by atoms with Crippen molar-refractivity contribution in [1.82, 2.24) is 14.1 Å². The summed E-state index contributed by atoms with van der Waals surface area (Å²) in [6, 6.07) is 55.3. The van der Waals surface area contributed by atoms with Crippen molar-refractivity contribution < 1.29 is 0 Å². The smallest absolute Gasteiger partial charge is 0.0541 e. The monoisotopic (exact) mass is 652 g/mol. The average molecular weight is 653 g/mol. The van der Waals surface area contributed by atoms with Crippen molar-refractivity contribution in [3.8, 4) is 16.8 Å². The first kappa shape index (κ1) is 28.2. The van der Waals surface area contributed by atoms with Crippen LogP contribution in [0.5, 0.6) is 0 Å². The van der Waals surface area contributed by atoms with E-state index in [1.54, 1.807) is 0 Å².